The van der Waals surface area contributed by atoms with Crippen molar-refractivity contribution in [1.82, 2.24) is 0 Å². The van der Waals surface area contributed by atoms with Gasteiger partial charge in [0.25, 0.3) is 0 Å². The number of rotatable bonds is 3. The summed E-state index contributed by atoms with van der Waals surface area (Å²) in [5.41, 5.74) is 4.33. The summed E-state index contributed by atoms with van der Waals surface area (Å²) in [7, 11) is 0. The standard InChI is InChI=1S/C9H7.C7H6.C5H5.CH3.Zr/c1-2-5-9-7-3-6-8(9)4-1;1-7-5-3-2-4-6-7;1-2-4-5-3-1;;/h1-7H;1-6H;1-3H,4H2;1H3;. The number of fused-ring (bicyclic) bond motifs is 1. The van der Waals surface area contributed by atoms with Crippen LogP contribution in [0.25, 0.3) is 6.08 Å². The molecule has 0 aromatic heterocycles. The van der Waals surface area contributed by atoms with Crippen molar-refractivity contribution < 1.29 is 19.8 Å². The Bertz CT molecular complexity index is 866. The van der Waals surface area contributed by atoms with Crippen LogP contribution in [-0.4, -0.2) is 3.71 Å². The van der Waals surface area contributed by atoms with E-state index in [2.05, 4.69) is 93.3 Å². The second-order valence-corrected chi connectivity index (χ2v) is 16.8. The van der Waals surface area contributed by atoms with E-state index in [0.29, 0.717) is 3.63 Å². The molecule has 4 rings (SSSR count). The van der Waals surface area contributed by atoms with Gasteiger partial charge in [0, 0.05) is 0 Å². The predicted molar refractivity (Wildman–Crippen MR) is 97.5 cm³/mol. The van der Waals surface area contributed by atoms with Crippen molar-refractivity contribution in [2.75, 3.05) is 0 Å². The molecule has 2 unspecified atom stereocenters. The summed E-state index contributed by atoms with van der Waals surface area (Å²) in [6.45, 7) is 0. The van der Waals surface area contributed by atoms with E-state index in [1.807, 2.05) is 0 Å². The maximum absolute atomic E-state index is 2.70. The Kier molecular flexibility index (Phi) is 3.99. The van der Waals surface area contributed by atoms with Crippen LogP contribution >= 0.6 is 0 Å². The summed E-state index contributed by atoms with van der Waals surface area (Å²) in [5, 5.41) is 0. The molecule has 2 aromatic rings. The van der Waals surface area contributed by atoms with Gasteiger partial charge in [-0.05, 0) is 0 Å². The van der Waals surface area contributed by atoms with Gasteiger partial charge in [-0.2, -0.15) is 0 Å². The van der Waals surface area contributed by atoms with Crippen LogP contribution in [0, 0.1) is 0 Å². The molecule has 0 spiro atoms. The first-order valence-electron chi connectivity index (χ1n) is 8.32. The molecule has 0 heterocycles. The Hall–Kier alpha value is -1.59. The fourth-order valence-corrected chi connectivity index (χ4v) is 13.9. The van der Waals surface area contributed by atoms with Crippen LogP contribution in [-0.2, 0) is 19.8 Å². The summed E-state index contributed by atoms with van der Waals surface area (Å²) in [6, 6.07) is 19.8. The van der Waals surface area contributed by atoms with Gasteiger partial charge in [-0.25, -0.2) is 0 Å². The van der Waals surface area contributed by atoms with Crippen LogP contribution in [0.4, 0.5) is 0 Å². The number of hydrogen-bond donors (Lipinski definition) is 0. The summed E-state index contributed by atoms with van der Waals surface area (Å²) in [5.74, 6) is 0. The average Bonchev–Trinajstić information content (AvgIpc) is 3.26. The third-order valence-corrected chi connectivity index (χ3v) is 16.2. The van der Waals surface area contributed by atoms with E-state index in [1.54, 1.807) is 3.28 Å². The van der Waals surface area contributed by atoms with Gasteiger partial charge in [-0.15, -0.1) is 0 Å². The molecule has 1 heteroatoms. The van der Waals surface area contributed by atoms with Crippen LogP contribution in [0.15, 0.2) is 82.2 Å². The van der Waals surface area contributed by atoms with Gasteiger partial charge in [0.05, 0.1) is 0 Å². The molecule has 0 radical (unpaired) electrons. The van der Waals surface area contributed by atoms with E-state index in [-0.39, 0.29) is 0 Å². The molecular weight excluding hydrogens is 355 g/mol. The van der Waals surface area contributed by atoms with Crippen molar-refractivity contribution in [1.29, 1.82) is 0 Å². The van der Waals surface area contributed by atoms with Crippen molar-refractivity contribution in [3.8, 4) is 0 Å². The fourth-order valence-electron chi connectivity index (χ4n) is 3.90. The van der Waals surface area contributed by atoms with E-state index < -0.39 is 19.8 Å². The summed E-state index contributed by atoms with van der Waals surface area (Å²) < 4.78 is 7.56. The zero-order valence-electron chi connectivity index (χ0n) is 13.4. The first-order chi connectivity index (χ1) is 11.3. The Morgan fingerprint density at radius 1 is 1.00 bits per heavy atom. The Morgan fingerprint density at radius 2 is 1.78 bits per heavy atom. The molecule has 0 amide bonds. The Labute approximate surface area is 142 Å². The topological polar surface area (TPSA) is 0 Å². The van der Waals surface area contributed by atoms with Crippen molar-refractivity contribution in [2.45, 2.75) is 14.7 Å². The first-order valence-corrected chi connectivity index (χ1v) is 14.8. The molecule has 0 saturated heterocycles. The minimum atomic E-state index is -2.70. The molecular formula is C22H21Zr. The SMILES string of the molecule is [CH3][Zr](=[CH]c1ccccc1)([C]1=CC=CC1)[CH]1C=Cc2ccccc21. The molecule has 0 saturated carbocycles. The van der Waals surface area contributed by atoms with E-state index in [9.17, 15) is 0 Å². The number of hydrogen-bond acceptors (Lipinski definition) is 0. The molecule has 0 nitrogen and oxygen atoms in total. The molecule has 2 aromatic carbocycles. The van der Waals surface area contributed by atoms with Gasteiger partial charge >= 0.3 is 143 Å². The van der Waals surface area contributed by atoms with Gasteiger partial charge in [-0.1, -0.05) is 0 Å². The van der Waals surface area contributed by atoms with Crippen LogP contribution in [0.2, 0.25) is 4.63 Å². The van der Waals surface area contributed by atoms with Gasteiger partial charge in [0.2, 0.25) is 0 Å². The zero-order valence-corrected chi connectivity index (χ0v) is 15.9. The maximum atomic E-state index is 2.66. The quantitative estimate of drug-likeness (QED) is 0.649. The molecule has 0 bridgehead atoms. The molecule has 2 aliphatic carbocycles. The Balaban J connectivity index is 1.88. The molecule has 0 N–H and O–H groups in total. The van der Waals surface area contributed by atoms with E-state index >= 15 is 0 Å². The van der Waals surface area contributed by atoms with Gasteiger partial charge in [0.1, 0.15) is 0 Å². The Morgan fingerprint density at radius 3 is 2.57 bits per heavy atom. The van der Waals surface area contributed by atoms with Crippen molar-refractivity contribution >= 4 is 9.78 Å². The third-order valence-electron chi connectivity index (χ3n) is 5.17. The van der Waals surface area contributed by atoms with E-state index in [1.165, 1.54) is 16.7 Å². The second kappa shape index (κ2) is 6.13. The number of allylic oxidation sites excluding steroid dienone is 5. The molecule has 0 fully saturated rings. The summed E-state index contributed by atoms with van der Waals surface area (Å²) in [4.78, 5) is 0. The monoisotopic (exact) mass is 375 g/mol. The average molecular weight is 377 g/mol. The van der Waals surface area contributed by atoms with Crippen molar-refractivity contribution in [3.63, 3.8) is 0 Å². The third kappa shape index (κ3) is 2.72. The van der Waals surface area contributed by atoms with Crippen LogP contribution in [0.1, 0.15) is 26.7 Å². The molecule has 113 valence electrons. The predicted octanol–water partition coefficient (Wildman–Crippen LogP) is 5.65. The normalized spacial score (nSPS) is 20.9. The second-order valence-electron chi connectivity index (χ2n) is 6.63. The van der Waals surface area contributed by atoms with Crippen LogP contribution in [0.5, 0.6) is 0 Å². The van der Waals surface area contributed by atoms with Gasteiger partial charge in [0.15, 0.2) is 0 Å². The van der Waals surface area contributed by atoms with Gasteiger partial charge in [-0.3, -0.25) is 0 Å². The van der Waals surface area contributed by atoms with E-state index in [0.717, 1.165) is 6.42 Å². The van der Waals surface area contributed by atoms with Crippen molar-refractivity contribution in [2.24, 2.45) is 0 Å². The first kappa shape index (κ1) is 15.0. The van der Waals surface area contributed by atoms with E-state index in [4.69, 9.17) is 0 Å². The molecule has 2 aliphatic rings. The molecule has 0 aliphatic heterocycles. The minimum absolute atomic E-state index is 0.604. The molecule has 23 heavy (non-hydrogen) atoms. The van der Waals surface area contributed by atoms with Gasteiger partial charge < -0.3 is 0 Å². The summed E-state index contributed by atoms with van der Waals surface area (Å²) in [6.07, 6.45) is 12.9. The van der Waals surface area contributed by atoms with Crippen molar-refractivity contribution in [3.05, 3.63) is 98.9 Å². The fraction of sp³-hybridized carbons (Fsp3) is 0.136. The summed E-state index contributed by atoms with van der Waals surface area (Å²) >= 11 is -2.70. The number of benzene rings is 2. The molecule has 2 atom stereocenters. The van der Waals surface area contributed by atoms with Crippen LogP contribution in [0.3, 0.4) is 0 Å². The van der Waals surface area contributed by atoms with Crippen LogP contribution < -0.4 is 0 Å². The zero-order chi connectivity index (χ0) is 15.7.